The van der Waals surface area contributed by atoms with Gasteiger partial charge in [-0.15, -0.1) is 0 Å². The zero-order valence-electron chi connectivity index (χ0n) is 16.8. The highest BCUT2D eigenvalue weighted by atomic mass is 16.5. The predicted molar refractivity (Wildman–Crippen MR) is 112 cm³/mol. The summed E-state index contributed by atoms with van der Waals surface area (Å²) in [6.07, 6.45) is 1.69. The second-order valence-electron chi connectivity index (χ2n) is 7.45. The molecule has 5 rings (SSSR count). The second-order valence-corrected chi connectivity index (χ2v) is 7.45. The number of pyridine rings is 1. The molecular weight excluding hydrogens is 378 g/mol. The van der Waals surface area contributed by atoms with Crippen LogP contribution in [0.4, 0.5) is 5.82 Å². The summed E-state index contributed by atoms with van der Waals surface area (Å²) in [7, 11) is 1.63. The van der Waals surface area contributed by atoms with Crippen molar-refractivity contribution in [3.63, 3.8) is 0 Å². The first-order valence-corrected chi connectivity index (χ1v) is 10.0. The number of aromatic nitrogens is 1. The molecule has 3 aromatic rings. The Bertz CT molecular complexity index is 1180. The Balaban J connectivity index is 1.71. The number of nitriles is 1. The van der Waals surface area contributed by atoms with E-state index in [-0.39, 0.29) is 0 Å². The largest absolute Gasteiger partial charge is 0.497 e. The van der Waals surface area contributed by atoms with Crippen LogP contribution in [0.3, 0.4) is 0 Å². The normalized spacial score (nSPS) is 14.1. The minimum atomic E-state index is 0.485. The summed E-state index contributed by atoms with van der Waals surface area (Å²) in [5, 5.41) is 9.84. The van der Waals surface area contributed by atoms with Gasteiger partial charge < -0.3 is 14.2 Å². The first-order valence-electron chi connectivity index (χ1n) is 10.0. The van der Waals surface area contributed by atoms with Gasteiger partial charge in [-0.25, -0.2) is 4.57 Å². The smallest absolute Gasteiger partial charge is 0.291 e. The molecule has 0 atom stereocenters. The maximum atomic E-state index is 9.84. The molecule has 0 unspecified atom stereocenters. The van der Waals surface area contributed by atoms with Crippen molar-refractivity contribution >= 4 is 5.82 Å². The van der Waals surface area contributed by atoms with E-state index in [2.05, 4.69) is 18.2 Å². The molecule has 1 aromatic heterocycles. The van der Waals surface area contributed by atoms with Crippen LogP contribution in [0.2, 0.25) is 0 Å². The van der Waals surface area contributed by atoms with Gasteiger partial charge in [0.25, 0.3) is 5.82 Å². The number of methoxy groups -OCH3 is 1. The van der Waals surface area contributed by atoms with E-state index >= 15 is 0 Å². The summed E-state index contributed by atoms with van der Waals surface area (Å²) < 4.78 is 19.1. The van der Waals surface area contributed by atoms with Gasteiger partial charge in [0.1, 0.15) is 23.1 Å². The molecule has 2 N–H and O–H groups in total. The number of ether oxygens (including phenoxy) is 3. The molecule has 0 amide bonds. The standard InChI is InChI=1S/C24H21N3O3/c1-28-17-5-3-15(4-6-17)18-12-21-19-13-23-22(29-9-2-10-30-23)11-16(19)7-8-27(21)24(26)20(18)14-25/h3-6,11-13,26H,2,7-10H2,1H3/p+1. The van der Waals surface area contributed by atoms with Crippen molar-refractivity contribution in [3.8, 4) is 45.7 Å². The highest BCUT2D eigenvalue weighted by molar-refractivity contribution is 5.80. The third kappa shape index (κ3) is 2.91. The van der Waals surface area contributed by atoms with E-state index in [0.717, 1.165) is 52.5 Å². The van der Waals surface area contributed by atoms with Crippen molar-refractivity contribution in [3.05, 3.63) is 53.6 Å². The molecule has 0 bridgehead atoms. The number of hydrogen-bond acceptors (Lipinski definition) is 5. The Kier molecular flexibility index (Phi) is 4.44. The summed E-state index contributed by atoms with van der Waals surface area (Å²) in [5.74, 6) is 2.81. The average Bonchev–Trinajstić information content (AvgIpc) is 3.02. The van der Waals surface area contributed by atoms with Crippen LogP contribution < -0.4 is 24.5 Å². The van der Waals surface area contributed by atoms with Crippen LogP contribution in [-0.4, -0.2) is 20.3 Å². The van der Waals surface area contributed by atoms with E-state index < -0.39 is 0 Å². The van der Waals surface area contributed by atoms with Crippen molar-refractivity contribution in [1.29, 1.82) is 5.26 Å². The molecular formula is C24H22N3O3+. The van der Waals surface area contributed by atoms with Crippen molar-refractivity contribution in [2.24, 2.45) is 0 Å². The maximum Gasteiger partial charge on any atom is 0.291 e. The fraction of sp³-hybridized carbons (Fsp3) is 0.250. The maximum absolute atomic E-state index is 9.84. The number of anilines is 1. The Morgan fingerprint density at radius 2 is 1.77 bits per heavy atom. The number of aryl methyl sites for hydroxylation is 1. The Hall–Kier alpha value is -3.72. The van der Waals surface area contributed by atoms with E-state index in [9.17, 15) is 5.26 Å². The SMILES string of the molecule is COc1ccc(-c2cc3[n+](c(N)c2C#N)CCc2cc4c(cc2-3)OCCCO4)cc1. The van der Waals surface area contributed by atoms with Crippen LogP contribution in [-0.2, 0) is 13.0 Å². The van der Waals surface area contributed by atoms with Crippen LogP contribution in [0.5, 0.6) is 17.2 Å². The van der Waals surface area contributed by atoms with Gasteiger partial charge in [-0.05, 0) is 41.5 Å². The van der Waals surface area contributed by atoms with E-state index in [4.69, 9.17) is 19.9 Å². The molecule has 6 nitrogen and oxygen atoms in total. The lowest BCUT2D eigenvalue weighted by Gasteiger charge is -2.22. The van der Waals surface area contributed by atoms with Gasteiger partial charge in [0.15, 0.2) is 11.5 Å². The second kappa shape index (κ2) is 7.27. The van der Waals surface area contributed by atoms with Gasteiger partial charge in [0.2, 0.25) is 0 Å². The number of nitrogens with two attached hydrogens (primary N) is 1. The minimum Gasteiger partial charge on any atom is -0.497 e. The summed E-state index contributed by atoms with van der Waals surface area (Å²) in [5.41, 5.74) is 12.0. The fourth-order valence-corrected chi connectivity index (χ4v) is 4.20. The summed E-state index contributed by atoms with van der Waals surface area (Å²) in [6, 6.07) is 16.2. The number of nitrogens with zero attached hydrogens (tertiary/aromatic N) is 2. The van der Waals surface area contributed by atoms with Crippen molar-refractivity contribution in [2.75, 3.05) is 26.1 Å². The van der Waals surface area contributed by atoms with E-state index in [1.54, 1.807) is 7.11 Å². The van der Waals surface area contributed by atoms with Crippen LogP contribution in [0.25, 0.3) is 22.4 Å². The number of fused-ring (bicyclic) bond motifs is 4. The van der Waals surface area contributed by atoms with Gasteiger partial charge in [0, 0.05) is 24.0 Å². The van der Waals surface area contributed by atoms with Crippen LogP contribution in [0, 0.1) is 11.3 Å². The zero-order chi connectivity index (χ0) is 20.7. The van der Waals surface area contributed by atoms with Gasteiger partial charge in [-0.3, -0.25) is 5.73 Å². The third-order valence-electron chi connectivity index (χ3n) is 5.76. The van der Waals surface area contributed by atoms with Crippen molar-refractivity contribution in [1.82, 2.24) is 0 Å². The van der Waals surface area contributed by atoms with Gasteiger partial charge in [-0.2, -0.15) is 5.26 Å². The number of benzene rings is 2. The molecule has 2 aromatic carbocycles. The van der Waals surface area contributed by atoms with E-state index in [1.165, 1.54) is 5.56 Å². The lowest BCUT2D eigenvalue weighted by Crippen LogP contribution is -2.44. The number of nitrogen functional groups attached to an aromatic ring is 1. The lowest BCUT2D eigenvalue weighted by atomic mass is 9.92. The fourth-order valence-electron chi connectivity index (χ4n) is 4.20. The third-order valence-corrected chi connectivity index (χ3v) is 5.76. The summed E-state index contributed by atoms with van der Waals surface area (Å²) in [4.78, 5) is 0. The highest BCUT2D eigenvalue weighted by Crippen LogP contribution is 2.40. The van der Waals surface area contributed by atoms with Crippen molar-refractivity contribution in [2.45, 2.75) is 19.4 Å². The topological polar surface area (TPSA) is 81.4 Å². The van der Waals surface area contributed by atoms with Gasteiger partial charge >= 0.3 is 0 Å². The van der Waals surface area contributed by atoms with Gasteiger partial charge in [-0.1, -0.05) is 12.1 Å². The summed E-state index contributed by atoms with van der Waals surface area (Å²) in [6.45, 7) is 2.01. The van der Waals surface area contributed by atoms with Crippen molar-refractivity contribution < 1.29 is 18.8 Å². The Morgan fingerprint density at radius 3 is 2.47 bits per heavy atom. The number of hydrogen-bond donors (Lipinski definition) is 1. The Morgan fingerprint density at radius 1 is 1.03 bits per heavy atom. The number of rotatable bonds is 2. The average molecular weight is 400 g/mol. The molecule has 150 valence electrons. The van der Waals surface area contributed by atoms with Crippen LogP contribution in [0.15, 0.2) is 42.5 Å². The molecule has 30 heavy (non-hydrogen) atoms. The molecule has 6 heteroatoms. The van der Waals surface area contributed by atoms with E-state index in [0.29, 0.717) is 31.1 Å². The zero-order valence-corrected chi connectivity index (χ0v) is 16.8. The predicted octanol–water partition coefficient (Wildman–Crippen LogP) is 3.49. The molecule has 3 heterocycles. The minimum absolute atomic E-state index is 0.485. The van der Waals surface area contributed by atoms with Gasteiger partial charge in [0.05, 0.1) is 26.9 Å². The molecule has 2 aliphatic heterocycles. The Labute approximate surface area is 175 Å². The molecule has 0 spiro atoms. The summed E-state index contributed by atoms with van der Waals surface area (Å²) >= 11 is 0. The molecule has 2 aliphatic rings. The molecule has 0 saturated carbocycles. The molecule has 0 fully saturated rings. The molecule has 0 saturated heterocycles. The lowest BCUT2D eigenvalue weighted by molar-refractivity contribution is -0.673. The van der Waals surface area contributed by atoms with Crippen LogP contribution in [0.1, 0.15) is 17.5 Å². The first-order chi connectivity index (χ1) is 14.7. The molecule has 0 radical (unpaired) electrons. The molecule has 0 aliphatic carbocycles. The highest BCUT2D eigenvalue weighted by Gasteiger charge is 2.29. The van der Waals surface area contributed by atoms with E-state index in [1.807, 2.05) is 34.9 Å². The first kappa shape index (κ1) is 18.3. The monoisotopic (exact) mass is 400 g/mol. The quantitative estimate of drug-likeness (QED) is 0.666. The van der Waals surface area contributed by atoms with Crippen LogP contribution >= 0.6 is 0 Å².